The second-order valence-corrected chi connectivity index (χ2v) is 4.56. The van der Waals surface area contributed by atoms with Crippen LogP contribution in [0.2, 0.25) is 0 Å². The molecule has 1 heterocycles. The molecule has 0 bridgehead atoms. The van der Waals surface area contributed by atoms with Crippen molar-refractivity contribution in [1.82, 2.24) is 10.2 Å². The van der Waals surface area contributed by atoms with E-state index in [-0.39, 0.29) is 11.1 Å². The van der Waals surface area contributed by atoms with Crippen molar-refractivity contribution in [3.63, 3.8) is 0 Å². The summed E-state index contributed by atoms with van der Waals surface area (Å²) >= 11 is 1.23. The molecule has 14 heavy (non-hydrogen) atoms. The highest BCUT2D eigenvalue weighted by molar-refractivity contribution is 8.13. The molecule has 1 aliphatic heterocycles. The summed E-state index contributed by atoms with van der Waals surface area (Å²) in [6, 6.07) is 0.387. The predicted molar refractivity (Wildman–Crippen MR) is 57.3 cm³/mol. The van der Waals surface area contributed by atoms with Crippen molar-refractivity contribution in [2.45, 2.75) is 26.3 Å². The maximum absolute atomic E-state index is 11.3. The number of imide groups is 1. The topological polar surface area (TPSA) is 49.4 Å². The van der Waals surface area contributed by atoms with Crippen molar-refractivity contribution in [3.05, 3.63) is 0 Å². The Hall–Kier alpha value is -0.550. The number of thioether (sulfide) groups is 1. The van der Waals surface area contributed by atoms with Gasteiger partial charge in [-0.15, -0.1) is 0 Å². The molecular weight excluding hydrogens is 200 g/mol. The Morgan fingerprint density at radius 1 is 1.50 bits per heavy atom. The molecule has 1 N–H and O–H groups in total. The summed E-state index contributed by atoms with van der Waals surface area (Å²) in [5, 5.41) is 3.07. The fourth-order valence-corrected chi connectivity index (χ4v) is 2.02. The molecule has 1 saturated heterocycles. The van der Waals surface area contributed by atoms with Gasteiger partial charge in [-0.3, -0.25) is 14.5 Å². The van der Waals surface area contributed by atoms with Gasteiger partial charge < -0.3 is 5.32 Å². The van der Waals surface area contributed by atoms with E-state index in [0.29, 0.717) is 31.3 Å². The highest BCUT2D eigenvalue weighted by Crippen LogP contribution is 2.17. The molecule has 0 aromatic heterocycles. The summed E-state index contributed by atoms with van der Waals surface area (Å²) in [7, 11) is 0. The lowest BCUT2D eigenvalue weighted by Gasteiger charge is -2.24. The minimum atomic E-state index is -0.105. The summed E-state index contributed by atoms with van der Waals surface area (Å²) in [6.45, 7) is 5.24. The van der Waals surface area contributed by atoms with E-state index in [0.717, 1.165) is 0 Å². The number of amides is 2. The fraction of sp³-hybridized carbons (Fsp3) is 0.778. The van der Waals surface area contributed by atoms with Crippen molar-refractivity contribution < 1.29 is 9.59 Å². The molecule has 0 spiro atoms. The highest BCUT2D eigenvalue weighted by atomic mass is 32.2. The Morgan fingerprint density at radius 3 is 2.79 bits per heavy atom. The molecule has 0 radical (unpaired) electrons. The van der Waals surface area contributed by atoms with Crippen LogP contribution in [0.25, 0.3) is 0 Å². The SMILES string of the molecule is CC(C)NCCN1C(=O)CCSC1=O. The zero-order valence-corrected chi connectivity index (χ0v) is 9.39. The zero-order valence-electron chi connectivity index (χ0n) is 8.58. The number of carbonyl (C=O) groups is 2. The van der Waals surface area contributed by atoms with Gasteiger partial charge in [-0.05, 0) is 0 Å². The normalized spacial score (nSPS) is 18.1. The van der Waals surface area contributed by atoms with Crippen molar-refractivity contribution in [2.24, 2.45) is 0 Å². The molecule has 0 aromatic carbocycles. The highest BCUT2D eigenvalue weighted by Gasteiger charge is 2.25. The van der Waals surface area contributed by atoms with Gasteiger partial charge in [0.1, 0.15) is 0 Å². The van der Waals surface area contributed by atoms with E-state index < -0.39 is 0 Å². The first-order valence-corrected chi connectivity index (χ1v) is 5.80. The van der Waals surface area contributed by atoms with Crippen LogP contribution >= 0.6 is 11.8 Å². The Bertz CT molecular complexity index is 215. The summed E-state index contributed by atoms with van der Waals surface area (Å²) in [4.78, 5) is 24.0. The molecule has 1 fully saturated rings. The first-order valence-electron chi connectivity index (χ1n) is 4.81. The van der Waals surface area contributed by atoms with Crippen molar-refractivity contribution in [2.75, 3.05) is 18.8 Å². The van der Waals surface area contributed by atoms with Gasteiger partial charge in [-0.2, -0.15) is 0 Å². The Balaban J connectivity index is 2.33. The number of nitrogens with zero attached hydrogens (tertiary/aromatic N) is 1. The number of hydrogen-bond acceptors (Lipinski definition) is 4. The smallest absolute Gasteiger partial charge is 0.288 e. The Morgan fingerprint density at radius 2 is 2.21 bits per heavy atom. The predicted octanol–water partition coefficient (Wildman–Crippen LogP) is 1.07. The first kappa shape index (κ1) is 11.5. The van der Waals surface area contributed by atoms with E-state index in [2.05, 4.69) is 5.32 Å². The van der Waals surface area contributed by atoms with E-state index in [1.807, 2.05) is 13.8 Å². The van der Waals surface area contributed by atoms with Crippen LogP contribution in [0.15, 0.2) is 0 Å². The summed E-state index contributed by atoms with van der Waals surface area (Å²) in [5.41, 5.74) is 0. The number of hydrogen-bond donors (Lipinski definition) is 1. The molecule has 2 amide bonds. The van der Waals surface area contributed by atoms with Crippen LogP contribution in [0.5, 0.6) is 0 Å². The van der Waals surface area contributed by atoms with Crippen LogP contribution in [-0.4, -0.2) is 40.9 Å². The van der Waals surface area contributed by atoms with Crippen LogP contribution in [0.4, 0.5) is 4.79 Å². The zero-order chi connectivity index (χ0) is 10.6. The second-order valence-electron chi connectivity index (χ2n) is 3.52. The van der Waals surface area contributed by atoms with Crippen LogP contribution in [0.3, 0.4) is 0 Å². The average molecular weight is 216 g/mol. The average Bonchev–Trinajstić information content (AvgIpc) is 2.09. The second kappa shape index (κ2) is 5.36. The maximum Gasteiger partial charge on any atom is 0.288 e. The summed E-state index contributed by atoms with van der Waals surface area (Å²) < 4.78 is 0. The fourth-order valence-electron chi connectivity index (χ4n) is 1.22. The van der Waals surface area contributed by atoms with Gasteiger partial charge in [0.2, 0.25) is 5.91 Å². The third-order valence-electron chi connectivity index (χ3n) is 1.95. The molecule has 80 valence electrons. The van der Waals surface area contributed by atoms with E-state index in [9.17, 15) is 9.59 Å². The van der Waals surface area contributed by atoms with Crippen molar-refractivity contribution in [1.29, 1.82) is 0 Å². The molecule has 0 atom stereocenters. The minimum absolute atomic E-state index is 0.0423. The quantitative estimate of drug-likeness (QED) is 0.763. The van der Waals surface area contributed by atoms with Crippen molar-refractivity contribution >= 4 is 22.9 Å². The van der Waals surface area contributed by atoms with E-state index >= 15 is 0 Å². The molecule has 0 saturated carbocycles. The van der Waals surface area contributed by atoms with Crippen LogP contribution in [0.1, 0.15) is 20.3 Å². The molecule has 0 unspecified atom stereocenters. The first-order chi connectivity index (χ1) is 6.61. The maximum atomic E-state index is 11.3. The Kier molecular flexibility index (Phi) is 4.41. The van der Waals surface area contributed by atoms with Gasteiger partial charge in [0, 0.05) is 31.3 Å². The van der Waals surface area contributed by atoms with Crippen LogP contribution in [0, 0.1) is 0 Å². The Labute approximate surface area is 88.4 Å². The van der Waals surface area contributed by atoms with Gasteiger partial charge in [0.15, 0.2) is 0 Å². The monoisotopic (exact) mass is 216 g/mol. The summed E-state index contributed by atoms with van der Waals surface area (Å²) in [5.74, 6) is 0.588. The lowest BCUT2D eigenvalue weighted by Crippen LogP contribution is -2.43. The lowest BCUT2D eigenvalue weighted by atomic mass is 10.3. The van der Waals surface area contributed by atoms with E-state index in [4.69, 9.17) is 0 Å². The minimum Gasteiger partial charge on any atom is -0.313 e. The molecule has 1 rings (SSSR count). The molecule has 5 heteroatoms. The van der Waals surface area contributed by atoms with Gasteiger partial charge in [-0.25, -0.2) is 0 Å². The van der Waals surface area contributed by atoms with Gasteiger partial charge in [0.05, 0.1) is 0 Å². The van der Waals surface area contributed by atoms with E-state index in [1.54, 1.807) is 0 Å². The molecule has 1 aliphatic rings. The van der Waals surface area contributed by atoms with Crippen LogP contribution < -0.4 is 5.32 Å². The van der Waals surface area contributed by atoms with Gasteiger partial charge in [-0.1, -0.05) is 25.6 Å². The molecule has 0 aliphatic carbocycles. The molecule has 0 aromatic rings. The molecule has 4 nitrogen and oxygen atoms in total. The largest absolute Gasteiger partial charge is 0.313 e. The molecular formula is C9H16N2O2S. The lowest BCUT2D eigenvalue weighted by molar-refractivity contribution is -0.127. The van der Waals surface area contributed by atoms with Crippen molar-refractivity contribution in [3.8, 4) is 0 Å². The van der Waals surface area contributed by atoms with E-state index in [1.165, 1.54) is 16.7 Å². The third-order valence-corrected chi connectivity index (χ3v) is 2.83. The number of nitrogens with one attached hydrogen (secondary N) is 1. The van der Waals surface area contributed by atoms with Crippen LogP contribution in [-0.2, 0) is 4.79 Å². The van der Waals surface area contributed by atoms with Gasteiger partial charge >= 0.3 is 0 Å². The number of carbonyl (C=O) groups excluding carboxylic acids is 2. The third kappa shape index (κ3) is 3.31. The van der Waals surface area contributed by atoms with Gasteiger partial charge in [0.25, 0.3) is 5.24 Å². The standard InChI is InChI=1S/C9H16N2O2S/c1-7(2)10-4-5-11-8(12)3-6-14-9(11)13/h7,10H,3-6H2,1-2H3. The summed E-state index contributed by atoms with van der Waals surface area (Å²) in [6.07, 6.45) is 0.484. The number of rotatable bonds is 4.